The maximum Gasteiger partial charge on any atom is 0.101 e. The van der Waals surface area contributed by atoms with Gasteiger partial charge in [-0.05, 0) is 32.6 Å². The third-order valence-corrected chi connectivity index (χ3v) is 3.83. The highest BCUT2D eigenvalue weighted by molar-refractivity contribution is 5.71. The monoisotopic (exact) mass is 257 g/mol. The number of aliphatic carboxylic acids is 1. The average Bonchev–Trinajstić information content (AvgIpc) is 2.29. The molecule has 0 amide bonds. The van der Waals surface area contributed by atoms with Crippen LogP contribution in [0.1, 0.15) is 59.8 Å². The molecule has 0 unspecified atom stereocenters. The standard InChI is InChI=1S/C14H26O4/c1-13(2,12(15)16)10-17-18-14(3,4)11-8-6-5-7-9-11/h11H,5-10H2,1-4H3,(H,15,16)/p-1. The molecule has 4 heteroatoms. The van der Waals surface area contributed by atoms with Crippen molar-refractivity contribution in [3.05, 3.63) is 0 Å². The van der Waals surface area contributed by atoms with E-state index in [4.69, 9.17) is 9.78 Å². The van der Waals surface area contributed by atoms with Crippen molar-refractivity contribution in [3.8, 4) is 0 Å². The Bertz CT molecular complexity index is 278. The topological polar surface area (TPSA) is 58.6 Å². The van der Waals surface area contributed by atoms with Gasteiger partial charge in [0.2, 0.25) is 0 Å². The van der Waals surface area contributed by atoms with Crippen LogP contribution in [0.15, 0.2) is 0 Å². The van der Waals surface area contributed by atoms with Crippen LogP contribution in [0.3, 0.4) is 0 Å². The average molecular weight is 257 g/mol. The molecule has 1 aliphatic rings. The molecular weight excluding hydrogens is 232 g/mol. The summed E-state index contributed by atoms with van der Waals surface area (Å²) in [6.07, 6.45) is 6.08. The van der Waals surface area contributed by atoms with Crippen molar-refractivity contribution in [3.63, 3.8) is 0 Å². The fraction of sp³-hybridized carbons (Fsp3) is 0.929. The summed E-state index contributed by atoms with van der Waals surface area (Å²) in [5, 5.41) is 10.8. The fourth-order valence-electron chi connectivity index (χ4n) is 2.25. The molecule has 1 rings (SSSR count). The lowest BCUT2D eigenvalue weighted by Gasteiger charge is -2.36. The lowest BCUT2D eigenvalue weighted by Crippen LogP contribution is -2.43. The second-order valence-corrected chi connectivity index (χ2v) is 6.46. The van der Waals surface area contributed by atoms with Crippen molar-refractivity contribution >= 4 is 5.97 Å². The number of rotatable bonds is 6. The molecule has 18 heavy (non-hydrogen) atoms. The molecular formula is C14H25O4-. The Morgan fingerprint density at radius 1 is 1.17 bits per heavy atom. The highest BCUT2D eigenvalue weighted by Gasteiger charge is 2.33. The molecule has 1 fully saturated rings. The van der Waals surface area contributed by atoms with Crippen LogP contribution in [0.5, 0.6) is 0 Å². The number of carbonyl (C=O) groups excluding carboxylic acids is 1. The van der Waals surface area contributed by atoms with Crippen LogP contribution in [0.2, 0.25) is 0 Å². The summed E-state index contributed by atoms with van der Waals surface area (Å²) < 4.78 is 0. The number of hydrogen-bond donors (Lipinski definition) is 0. The first-order valence-corrected chi connectivity index (χ1v) is 6.78. The molecule has 4 nitrogen and oxygen atoms in total. The minimum absolute atomic E-state index is 0.00544. The van der Waals surface area contributed by atoms with Crippen LogP contribution < -0.4 is 5.11 Å². The highest BCUT2D eigenvalue weighted by Crippen LogP contribution is 2.35. The largest absolute Gasteiger partial charge is 0.549 e. The molecule has 0 bridgehead atoms. The first-order chi connectivity index (χ1) is 8.26. The van der Waals surface area contributed by atoms with Gasteiger partial charge in [-0.15, -0.1) is 0 Å². The van der Waals surface area contributed by atoms with Crippen LogP contribution in [-0.4, -0.2) is 18.2 Å². The molecule has 0 heterocycles. The predicted octanol–water partition coefficient (Wildman–Crippen LogP) is 2.07. The maximum atomic E-state index is 10.8. The lowest BCUT2D eigenvalue weighted by atomic mass is 9.79. The number of hydrogen-bond acceptors (Lipinski definition) is 4. The smallest absolute Gasteiger partial charge is 0.101 e. The Kier molecular flexibility index (Phi) is 5.17. The molecule has 0 saturated heterocycles. The van der Waals surface area contributed by atoms with Gasteiger partial charge in [0.25, 0.3) is 0 Å². The van der Waals surface area contributed by atoms with E-state index in [2.05, 4.69) is 0 Å². The van der Waals surface area contributed by atoms with Crippen molar-refractivity contribution < 1.29 is 19.7 Å². The van der Waals surface area contributed by atoms with Gasteiger partial charge in [0.1, 0.15) is 5.60 Å². The van der Waals surface area contributed by atoms with E-state index in [9.17, 15) is 9.90 Å². The molecule has 0 spiro atoms. The van der Waals surface area contributed by atoms with Crippen molar-refractivity contribution in [1.29, 1.82) is 0 Å². The summed E-state index contributed by atoms with van der Waals surface area (Å²) >= 11 is 0. The van der Waals surface area contributed by atoms with Crippen molar-refractivity contribution in [1.82, 2.24) is 0 Å². The van der Waals surface area contributed by atoms with Gasteiger partial charge >= 0.3 is 0 Å². The first kappa shape index (κ1) is 15.4. The second kappa shape index (κ2) is 6.02. The minimum atomic E-state index is -1.12. The molecule has 0 aromatic heterocycles. The van der Waals surface area contributed by atoms with Gasteiger partial charge in [0.05, 0.1) is 6.61 Å². The zero-order valence-corrected chi connectivity index (χ0v) is 12.0. The Hall–Kier alpha value is -0.610. The predicted molar refractivity (Wildman–Crippen MR) is 66.5 cm³/mol. The molecule has 1 saturated carbocycles. The van der Waals surface area contributed by atoms with E-state index in [1.807, 2.05) is 13.8 Å². The third-order valence-electron chi connectivity index (χ3n) is 3.83. The van der Waals surface area contributed by atoms with E-state index >= 15 is 0 Å². The SMILES string of the molecule is CC(C)(COOC(C)(C)C1CCCCC1)C(=O)[O-]. The van der Waals surface area contributed by atoms with Crippen LogP contribution in [-0.2, 0) is 14.6 Å². The van der Waals surface area contributed by atoms with Gasteiger partial charge in [-0.2, -0.15) is 0 Å². The van der Waals surface area contributed by atoms with Gasteiger partial charge < -0.3 is 9.90 Å². The quantitative estimate of drug-likeness (QED) is 0.540. The zero-order chi connectivity index (χ0) is 13.8. The van der Waals surface area contributed by atoms with E-state index in [0.29, 0.717) is 5.92 Å². The lowest BCUT2D eigenvalue weighted by molar-refractivity contribution is -0.381. The van der Waals surface area contributed by atoms with E-state index in [-0.39, 0.29) is 12.2 Å². The molecule has 0 atom stereocenters. The number of carboxylic acid groups (broad SMARTS) is 1. The number of carboxylic acids is 1. The van der Waals surface area contributed by atoms with Crippen molar-refractivity contribution in [2.24, 2.45) is 11.3 Å². The van der Waals surface area contributed by atoms with E-state index in [0.717, 1.165) is 12.8 Å². The second-order valence-electron chi connectivity index (χ2n) is 6.46. The summed E-state index contributed by atoms with van der Waals surface area (Å²) in [7, 11) is 0. The van der Waals surface area contributed by atoms with Crippen LogP contribution in [0.25, 0.3) is 0 Å². The summed E-state index contributed by atoms with van der Waals surface area (Å²) in [6.45, 7) is 7.16. The van der Waals surface area contributed by atoms with Crippen molar-refractivity contribution in [2.45, 2.75) is 65.4 Å². The Balaban J connectivity index is 2.39. The first-order valence-electron chi connectivity index (χ1n) is 6.78. The van der Waals surface area contributed by atoms with Gasteiger partial charge in [0.15, 0.2) is 0 Å². The van der Waals surface area contributed by atoms with Crippen molar-refractivity contribution in [2.75, 3.05) is 6.61 Å². The summed E-state index contributed by atoms with van der Waals surface area (Å²) in [5.41, 5.74) is -1.38. The van der Waals surface area contributed by atoms with Crippen LogP contribution >= 0.6 is 0 Å². The summed E-state index contributed by atoms with van der Waals surface area (Å²) in [6, 6.07) is 0. The van der Waals surface area contributed by atoms with Crippen LogP contribution in [0, 0.1) is 11.3 Å². The Morgan fingerprint density at radius 2 is 1.72 bits per heavy atom. The molecule has 0 aliphatic heterocycles. The van der Waals surface area contributed by atoms with Gasteiger partial charge in [-0.25, -0.2) is 9.78 Å². The van der Waals surface area contributed by atoms with E-state index in [1.165, 1.54) is 19.3 Å². The molecule has 0 aromatic rings. The Morgan fingerprint density at radius 3 is 2.22 bits per heavy atom. The zero-order valence-electron chi connectivity index (χ0n) is 12.0. The van der Waals surface area contributed by atoms with Gasteiger partial charge in [0, 0.05) is 11.4 Å². The molecule has 1 aliphatic carbocycles. The molecule has 0 N–H and O–H groups in total. The molecule has 0 radical (unpaired) electrons. The van der Waals surface area contributed by atoms with Gasteiger partial charge in [-0.3, -0.25) is 0 Å². The minimum Gasteiger partial charge on any atom is -0.549 e. The van der Waals surface area contributed by atoms with Gasteiger partial charge in [-0.1, -0.05) is 33.1 Å². The fourth-order valence-corrected chi connectivity index (χ4v) is 2.25. The third kappa shape index (κ3) is 4.25. The number of carbonyl (C=O) groups is 1. The summed E-state index contributed by atoms with van der Waals surface area (Å²) in [5.74, 6) is -0.640. The normalized spacial score (nSPS) is 18.9. The summed E-state index contributed by atoms with van der Waals surface area (Å²) in [4.78, 5) is 21.5. The van der Waals surface area contributed by atoms with E-state index in [1.54, 1.807) is 13.8 Å². The molecule has 106 valence electrons. The molecule has 0 aromatic carbocycles. The maximum absolute atomic E-state index is 10.8. The van der Waals surface area contributed by atoms with Crippen LogP contribution in [0.4, 0.5) is 0 Å². The Labute approximate surface area is 110 Å². The highest BCUT2D eigenvalue weighted by atomic mass is 17.2. The van der Waals surface area contributed by atoms with E-state index < -0.39 is 11.4 Å².